The first-order valence-corrected chi connectivity index (χ1v) is 24.4. The van der Waals surface area contributed by atoms with Gasteiger partial charge in [-0.2, -0.15) is 0 Å². The molecule has 0 aliphatic rings. The Morgan fingerprint density at radius 1 is 0.500 bits per heavy atom. The molecule has 0 saturated heterocycles. The molecule has 0 radical (unpaired) electrons. The zero-order valence-corrected chi connectivity index (χ0v) is 38.8. The van der Waals surface area contributed by atoms with Crippen LogP contribution >= 0.6 is 0 Å². The van der Waals surface area contributed by atoms with E-state index in [1.165, 1.54) is 148 Å². The number of carbonyl (C=O) groups excluding carboxylic acids is 2. The Hall–Kier alpha value is -2.19. The van der Waals surface area contributed by atoms with Gasteiger partial charge in [-0.3, -0.25) is 9.59 Å². The predicted molar refractivity (Wildman–Crippen MR) is 243 cm³/mol. The maximum Gasteiger partial charge on any atom is 0.362 e. The minimum absolute atomic E-state index is 0.0529. The molecule has 0 bridgehead atoms. The number of hydrogen-bond acceptors (Lipinski definition) is 6. The van der Waals surface area contributed by atoms with E-state index < -0.39 is 18.1 Å². The van der Waals surface area contributed by atoms with E-state index in [2.05, 4.69) is 38.2 Å². The summed E-state index contributed by atoms with van der Waals surface area (Å²) in [6.07, 6.45) is 46.5. The molecule has 0 aliphatic carbocycles. The largest absolute Gasteiger partial charge is 0.477 e. The van der Waals surface area contributed by atoms with Crippen LogP contribution in [0.25, 0.3) is 0 Å². The molecular weight excluding hydrogens is 727 g/mol. The summed E-state index contributed by atoms with van der Waals surface area (Å²) in [5, 5.41) is 9.63. The molecule has 0 amide bonds. The molecule has 2 unspecified atom stereocenters. The van der Waals surface area contributed by atoms with Crippen LogP contribution in [0, 0.1) is 0 Å². The van der Waals surface area contributed by atoms with E-state index in [-0.39, 0.29) is 36.2 Å². The highest BCUT2D eigenvalue weighted by molar-refractivity contribution is 5.72. The maximum atomic E-state index is 12.8. The lowest BCUT2D eigenvalue weighted by Gasteiger charge is -2.31. The molecule has 8 heteroatoms. The number of nitrogens with zero attached hydrogens (tertiary/aromatic N) is 1. The molecule has 0 spiro atoms. The molecule has 1 N–H and O–H groups in total. The monoisotopic (exact) mass is 821 g/mol. The van der Waals surface area contributed by atoms with Crippen molar-refractivity contribution in [2.75, 3.05) is 41.0 Å². The normalized spacial score (nSPS) is 13.1. The minimum atomic E-state index is -0.874. The van der Waals surface area contributed by atoms with Gasteiger partial charge in [0.05, 0.1) is 34.4 Å². The third kappa shape index (κ3) is 39.3. The predicted octanol–water partition coefficient (Wildman–Crippen LogP) is 13.6. The zero-order chi connectivity index (χ0) is 42.8. The Kier molecular flexibility index (Phi) is 40.0. The Labute approximate surface area is 358 Å². The SMILES string of the molecule is CCCCCC/C=C\CCCCCCCC(=O)OCC(COCCC(C(=O)O)[N+](C)(C)C)OC(=O)CCCCCCCCCCC/C=C\CCCCCCCCCC. The van der Waals surface area contributed by atoms with Crippen LogP contribution in [0.15, 0.2) is 24.3 Å². The molecule has 0 rings (SSSR count). The van der Waals surface area contributed by atoms with Crippen LogP contribution in [0.1, 0.15) is 226 Å². The van der Waals surface area contributed by atoms with Gasteiger partial charge in [-0.25, -0.2) is 4.79 Å². The van der Waals surface area contributed by atoms with E-state index in [1.54, 1.807) is 0 Å². The zero-order valence-electron chi connectivity index (χ0n) is 38.8. The van der Waals surface area contributed by atoms with Gasteiger partial charge in [0.25, 0.3) is 0 Å². The van der Waals surface area contributed by atoms with Crippen LogP contribution in [-0.2, 0) is 28.6 Å². The first kappa shape index (κ1) is 55.8. The van der Waals surface area contributed by atoms with Crippen molar-refractivity contribution in [1.29, 1.82) is 0 Å². The molecular formula is C50H94NO7+. The lowest BCUT2D eigenvalue weighted by atomic mass is 10.1. The number of unbranched alkanes of at least 4 members (excludes halogenated alkanes) is 26. The quantitative estimate of drug-likeness (QED) is 0.0283. The summed E-state index contributed by atoms with van der Waals surface area (Å²) >= 11 is 0. The van der Waals surface area contributed by atoms with Crippen molar-refractivity contribution in [3.8, 4) is 0 Å². The van der Waals surface area contributed by atoms with Gasteiger partial charge in [-0.1, -0.05) is 167 Å². The number of carboxylic acid groups (broad SMARTS) is 1. The first-order chi connectivity index (χ1) is 28.1. The number of esters is 2. The van der Waals surface area contributed by atoms with Crippen molar-refractivity contribution >= 4 is 17.9 Å². The van der Waals surface area contributed by atoms with Crippen molar-refractivity contribution in [2.45, 2.75) is 238 Å². The summed E-state index contributed by atoms with van der Waals surface area (Å²) in [7, 11) is 5.53. The van der Waals surface area contributed by atoms with E-state index in [9.17, 15) is 19.5 Å². The standard InChI is InChI=1S/C50H93NO7/c1-6-8-10-12-14-16-18-20-21-22-23-24-25-26-27-29-31-33-35-37-39-41-49(53)58-46(44-56-43-42-47(50(54)55)51(3,4)5)45-57-48(52)40-38-36-34-32-30-28-19-17-15-13-11-9-7-2/h17,19,22-23,46-47H,6-16,18,20-21,24-45H2,1-5H3/p+1/b19-17-,23-22-. The van der Waals surface area contributed by atoms with Crippen molar-refractivity contribution in [2.24, 2.45) is 0 Å². The number of aliphatic carboxylic acids is 1. The Morgan fingerprint density at radius 3 is 1.26 bits per heavy atom. The second-order valence-corrected chi connectivity index (χ2v) is 17.7. The van der Waals surface area contributed by atoms with Crippen LogP contribution in [0.5, 0.6) is 0 Å². The highest BCUT2D eigenvalue weighted by atomic mass is 16.6. The molecule has 0 aromatic rings. The van der Waals surface area contributed by atoms with E-state index in [0.717, 1.165) is 44.9 Å². The molecule has 2 atom stereocenters. The molecule has 0 heterocycles. The van der Waals surface area contributed by atoms with E-state index in [4.69, 9.17) is 14.2 Å². The molecule has 0 fully saturated rings. The Bertz CT molecular complexity index is 1000. The lowest BCUT2D eigenvalue weighted by molar-refractivity contribution is -0.887. The van der Waals surface area contributed by atoms with Gasteiger partial charge in [-0.15, -0.1) is 0 Å². The molecule has 0 aromatic carbocycles. The van der Waals surface area contributed by atoms with Crippen molar-refractivity contribution in [3.05, 3.63) is 24.3 Å². The van der Waals surface area contributed by atoms with Gasteiger partial charge in [0.1, 0.15) is 6.61 Å². The van der Waals surface area contributed by atoms with Crippen LogP contribution in [0.4, 0.5) is 0 Å². The summed E-state index contributed by atoms with van der Waals surface area (Å²) in [5.74, 6) is -1.47. The average Bonchev–Trinajstić information content (AvgIpc) is 3.18. The van der Waals surface area contributed by atoms with Gasteiger partial charge in [0.2, 0.25) is 0 Å². The number of allylic oxidation sites excluding steroid dienone is 4. The third-order valence-electron chi connectivity index (χ3n) is 11.1. The van der Waals surface area contributed by atoms with Crippen LogP contribution in [-0.4, -0.2) is 80.6 Å². The number of quaternary nitrogens is 1. The van der Waals surface area contributed by atoms with Crippen LogP contribution in [0.3, 0.4) is 0 Å². The number of carboxylic acids is 1. The molecule has 58 heavy (non-hydrogen) atoms. The number of ether oxygens (including phenoxy) is 3. The number of rotatable bonds is 44. The Balaban J connectivity index is 4.24. The van der Waals surface area contributed by atoms with Crippen molar-refractivity contribution < 1.29 is 38.2 Å². The summed E-state index contributed by atoms with van der Waals surface area (Å²) < 4.78 is 17.3. The van der Waals surface area contributed by atoms with Gasteiger partial charge in [0.15, 0.2) is 12.1 Å². The molecule has 340 valence electrons. The van der Waals surface area contributed by atoms with Crippen LogP contribution in [0.2, 0.25) is 0 Å². The van der Waals surface area contributed by atoms with E-state index in [0.29, 0.717) is 19.3 Å². The van der Waals surface area contributed by atoms with E-state index in [1.807, 2.05) is 21.1 Å². The molecule has 0 aliphatic heterocycles. The fourth-order valence-corrected chi connectivity index (χ4v) is 7.26. The summed E-state index contributed by atoms with van der Waals surface area (Å²) in [6.45, 7) is 4.73. The van der Waals surface area contributed by atoms with Gasteiger partial charge >= 0.3 is 17.9 Å². The van der Waals surface area contributed by atoms with Crippen molar-refractivity contribution in [1.82, 2.24) is 0 Å². The summed E-state index contributed by atoms with van der Waals surface area (Å²) in [6, 6.07) is -0.614. The first-order valence-electron chi connectivity index (χ1n) is 24.4. The van der Waals surface area contributed by atoms with E-state index >= 15 is 0 Å². The average molecular weight is 821 g/mol. The molecule has 8 nitrogen and oxygen atoms in total. The fraction of sp³-hybridized carbons (Fsp3) is 0.860. The second kappa shape index (κ2) is 41.5. The smallest absolute Gasteiger partial charge is 0.362 e. The van der Waals surface area contributed by atoms with Crippen LogP contribution < -0.4 is 0 Å². The fourth-order valence-electron chi connectivity index (χ4n) is 7.26. The van der Waals surface area contributed by atoms with Crippen molar-refractivity contribution in [3.63, 3.8) is 0 Å². The lowest BCUT2D eigenvalue weighted by Crippen LogP contribution is -2.50. The van der Waals surface area contributed by atoms with Gasteiger partial charge < -0.3 is 23.8 Å². The number of hydrogen-bond donors (Lipinski definition) is 1. The molecule has 0 saturated carbocycles. The minimum Gasteiger partial charge on any atom is -0.477 e. The maximum absolute atomic E-state index is 12.8. The molecule has 0 aromatic heterocycles. The second-order valence-electron chi connectivity index (χ2n) is 17.7. The van der Waals surface area contributed by atoms with Gasteiger partial charge in [0, 0.05) is 19.3 Å². The summed E-state index contributed by atoms with van der Waals surface area (Å²) in [4.78, 5) is 37.0. The third-order valence-corrected chi connectivity index (χ3v) is 11.1. The highest BCUT2D eigenvalue weighted by Gasteiger charge is 2.31. The van der Waals surface area contributed by atoms with Gasteiger partial charge in [-0.05, 0) is 64.2 Å². The number of carbonyl (C=O) groups is 3. The summed E-state index contributed by atoms with van der Waals surface area (Å²) in [5.41, 5.74) is 0. The highest BCUT2D eigenvalue weighted by Crippen LogP contribution is 2.15. The number of likely N-dealkylation sites (N-methyl/N-ethyl adjacent to an activating group) is 1. The topological polar surface area (TPSA) is 99.1 Å². The Morgan fingerprint density at radius 2 is 0.862 bits per heavy atom.